The predicted octanol–water partition coefficient (Wildman–Crippen LogP) is 3.92. The van der Waals surface area contributed by atoms with Gasteiger partial charge < -0.3 is 14.8 Å². The van der Waals surface area contributed by atoms with E-state index in [0.29, 0.717) is 11.5 Å². The van der Waals surface area contributed by atoms with Crippen LogP contribution in [0.4, 0.5) is 0 Å². The van der Waals surface area contributed by atoms with Crippen molar-refractivity contribution < 1.29 is 9.47 Å². The average Bonchev–Trinajstić information content (AvgIpc) is 2.93. The van der Waals surface area contributed by atoms with Crippen LogP contribution in [0.15, 0.2) is 48.5 Å². The third-order valence-corrected chi connectivity index (χ3v) is 9.45. The molecule has 1 spiro atoms. The van der Waals surface area contributed by atoms with Crippen LogP contribution in [-0.2, 0) is 17.8 Å². The van der Waals surface area contributed by atoms with Gasteiger partial charge in [0.2, 0.25) is 0 Å². The summed E-state index contributed by atoms with van der Waals surface area (Å²) in [7, 11) is 1.74. The number of hydrogen-bond acceptors (Lipinski definition) is 6. The van der Waals surface area contributed by atoms with E-state index in [0.717, 1.165) is 70.8 Å². The van der Waals surface area contributed by atoms with Crippen molar-refractivity contribution in [1.29, 1.82) is 0 Å². The van der Waals surface area contributed by atoms with Crippen LogP contribution >= 0.6 is 0 Å². The van der Waals surface area contributed by atoms with Crippen LogP contribution in [0, 0.1) is 5.41 Å². The van der Waals surface area contributed by atoms with Crippen molar-refractivity contribution in [3.05, 3.63) is 65.2 Å². The minimum atomic E-state index is 0.452. The molecular formula is C31H44N4O2. The summed E-state index contributed by atoms with van der Waals surface area (Å²) < 4.78 is 11.0. The summed E-state index contributed by atoms with van der Waals surface area (Å²) >= 11 is 0. The standard InChI is InChI=1S/C31H44N4O2/c1-36-28-8-6-25(7-9-28)22-34-14-15-35(27-20-31(21-27)10-12-32-13-11-31)30(24-34)29-5-3-2-4-26(29)23-33-16-18-37-19-17-33/h2-9,27,30,32H,10-24H2,1H3. The van der Waals surface area contributed by atoms with Crippen LogP contribution in [0.1, 0.15) is 48.4 Å². The van der Waals surface area contributed by atoms with Crippen LogP contribution in [0.25, 0.3) is 0 Å². The molecule has 2 aromatic carbocycles. The molecule has 6 heteroatoms. The molecule has 200 valence electrons. The molecule has 1 saturated carbocycles. The van der Waals surface area contributed by atoms with Crippen LogP contribution in [0.3, 0.4) is 0 Å². The van der Waals surface area contributed by atoms with E-state index in [1.807, 2.05) is 0 Å². The monoisotopic (exact) mass is 504 g/mol. The Bertz CT molecular complexity index is 1010. The molecule has 1 N–H and O–H groups in total. The highest BCUT2D eigenvalue weighted by molar-refractivity contribution is 5.32. The number of piperazine rings is 1. The molecule has 4 fully saturated rings. The largest absolute Gasteiger partial charge is 0.497 e. The van der Waals surface area contributed by atoms with Crippen molar-refractivity contribution in [2.75, 3.05) is 66.1 Å². The Kier molecular flexibility index (Phi) is 7.82. The second-order valence-corrected chi connectivity index (χ2v) is 11.7. The van der Waals surface area contributed by atoms with Crippen LogP contribution in [0.2, 0.25) is 0 Å². The summed E-state index contributed by atoms with van der Waals surface area (Å²) in [5.41, 5.74) is 5.02. The van der Waals surface area contributed by atoms with E-state index in [-0.39, 0.29) is 0 Å². The van der Waals surface area contributed by atoms with E-state index in [9.17, 15) is 0 Å². The first-order valence-corrected chi connectivity index (χ1v) is 14.4. The van der Waals surface area contributed by atoms with E-state index in [1.54, 1.807) is 12.7 Å². The van der Waals surface area contributed by atoms with Gasteiger partial charge in [0.05, 0.1) is 20.3 Å². The fraction of sp³-hybridized carbons (Fsp3) is 0.613. The van der Waals surface area contributed by atoms with Crippen molar-refractivity contribution in [1.82, 2.24) is 20.0 Å². The summed E-state index contributed by atoms with van der Waals surface area (Å²) in [6, 6.07) is 19.1. The molecule has 3 aliphatic heterocycles. The van der Waals surface area contributed by atoms with E-state index in [1.165, 1.54) is 49.9 Å². The van der Waals surface area contributed by atoms with Crippen molar-refractivity contribution in [3.63, 3.8) is 0 Å². The van der Waals surface area contributed by atoms with Crippen molar-refractivity contribution in [2.24, 2.45) is 5.41 Å². The number of morpholine rings is 1. The number of nitrogens with one attached hydrogen (secondary N) is 1. The Morgan fingerprint density at radius 1 is 0.892 bits per heavy atom. The van der Waals surface area contributed by atoms with Crippen LogP contribution in [-0.4, -0.2) is 86.9 Å². The lowest BCUT2D eigenvalue weighted by molar-refractivity contribution is -0.0651. The summed E-state index contributed by atoms with van der Waals surface area (Å²) in [6.07, 6.45) is 5.49. The zero-order valence-electron chi connectivity index (χ0n) is 22.5. The Morgan fingerprint density at radius 3 is 2.41 bits per heavy atom. The van der Waals surface area contributed by atoms with Gasteiger partial charge in [0.25, 0.3) is 0 Å². The molecule has 0 radical (unpaired) electrons. The maximum Gasteiger partial charge on any atom is 0.118 e. The first-order chi connectivity index (χ1) is 18.2. The van der Waals surface area contributed by atoms with Gasteiger partial charge in [-0.1, -0.05) is 36.4 Å². The lowest BCUT2D eigenvalue weighted by atomic mass is 9.60. The fourth-order valence-electron chi connectivity index (χ4n) is 7.24. The quantitative estimate of drug-likeness (QED) is 0.617. The van der Waals surface area contributed by atoms with Gasteiger partial charge in [-0.25, -0.2) is 0 Å². The van der Waals surface area contributed by atoms with Crippen molar-refractivity contribution in [3.8, 4) is 5.75 Å². The summed E-state index contributed by atoms with van der Waals surface area (Å²) in [5.74, 6) is 0.931. The summed E-state index contributed by atoms with van der Waals surface area (Å²) in [5, 5.41) is 3.58. The van der Waals surface area contributed by atoms with Gasteiger partial charge in [-0.3, -0.25) is 14.7 Å². The van der Waals surface area contributed by atoms with Gasteiger partial charge in [-0.05, 0) is 73.0 Å². The normalized spacial score (nSPS) is 25.7. The summed E-state index contributed by atoms with van der Waals surface area (Å²) in [6.45, 7) is 11.6. The number of nitrogens with zero attached hydrogens (tertiary/aromatic N) is 3. The number of methoxy groups -OCH3 is 1. The number of benzene rings is 2. The number of hydrogen-bond donors (Lipinski definition) is 1. The van der Waals surface area contributed by atoms with E-state index in [2.05, 4.69) is 68.5 Å². The van der Waals surface area contributed by atoms with Crippen molar-refractivity contribution >= 4 is 0 Å². The molecule has 1 aliphatic carbocycles. The number of piperidine rings is 1. The lowest BCUT2D eigenvalue weighted by Gasteiger charge is -2.57. The Labute approximate surface area is 222 Å². The SMILES string of the molecule is COc1ccc(CN2CCN(C3CC4(CCNCC4)C3)C(c3ccccc3CN3CCOCC3)C2)cc1. The lowest BCUT2D eigenvalue weighted by Crippen LogP contribution is -2.59. The van der Waals surface area contributed by atoms with E-state index < -0.39 is 0 Å². The second-order valence-electron chi connectivity index (χ2n) is 11.7. The molecule has 4 aliphatic rings. The summed E-state index contributed by atoms with van der Waals surface area (Å²) in [4.78, 5) is 8.14. The third-order valence-electron chi connectivity index (χ3n) is 9.45. The minimum absolute atomic E-state index is 0.452. The second kappa shape index (κ2) is 11.4. The first kappa shape index (κ1) is 25.3. The highest BCUT2D eigenvalue weighted by Gasteiger charge is 2.49. The smallest absolute Gasteiger partial charge is 0.118 e. The Hall–Kier alpha value is -1.96. The van der Waals surface area contributed by atoms with Gasteiger partial charge in [0.15, 0.2) is 0 Å². The predicted molar refractivity (Wildman–Crippen MR) is 148 cm³/mol. The first-order valence-electron chi connectivity index (χ1n) is 14.4. The Balaban J connectivity index is 1.22. The molecule has 0 aromatic heterocycles. The molecule has 37 heavy (non-hydrogen) atoms. The highest BCUT2D eigenvalue weighted by Crippen LogP contribution is 2.51. The molecule has 2 aromatic rings. The molecule has 3 heterocycles. The maximum atomic E-state index is 5.63. The molecule has 1 unspecified atom stereocenters. The molecule has 3 saturated heterocycles. The average molecular weight is 505 g/mol. The molecule has 6 nitrogen and oxygen atoms in total. The van der Waals surface area contributed by atoms with Crippen molar-refractivity contribution in [2.45, 2.75) is 50.9 Å². The number of rotatable bonds is 7. The maximum absolute atomic E-state index is 5.63. The van der Waals surface area contributed by atoms with Crippen LogP contribution < -0.4 is 10.1 Å². The zero-order valence-corrected chi connectivity index (χ0v) is 22.5. The van der Waals surface area contributed by atoms with E-state index in [4.69, 9.17) is 9.47 Å². The number of ether oxygens (including phenoxy) is 2. The molecule has 1 atom stereocenters. The van der Waals surface area contributed by atoms with Gasteiger partial charge in [0.1, 0.15) is 5.75 Å². The third kappa shape index (κ3) is 5.74. The minimum Gasteiger partial charge on any atom is -0.497 e. The molecule has 0 bridgehead atoms. The van der Waals surface area contributed by atoms with Gasteiger partial charge in [-0.15, -0.1) is 0 Å². The topological polar surface area (TPSA) is 40.2 Å². The van der Waals surface area contributed by atoms with Gasteiger partial charge in [-0.2, -0.15) is 0 Å². The van der Waals surface area contributed by atoms with E-state index >= 15 is 0 Å². The van der Waals surface area contributed by atoms with Gasteiger partial charge >= 0.3 is 0 Å². The fourth-order valence-corrected chi connectivity index (χ4v) is 7.24. The highest BCUT2D eigenvalue weighted by atomic mass is 16.5. The molecule has 0 amide bonds. The Morgan fingerprint density at radius 2 is 1.65 bits per heavy atom. The van der Waals surface area contributed by atoms with Gasteiger partial charge in [0, 0.05) is 57.9 Å². The molecule has 6 rings (SSSR count). The van der Waals surface area contributed by atoms with Crippen LogP contribution in [0.5, 0.6) is 5.75 Å². The molecular weight excluding hydrogens is 460 g/mol. The zero-order chi connectivity index (χ0) is 25.1.